The molecule has 55 heavy (non-hydrogen) atoms. The maximum absolute atomic E-state index is 13.1. The summed E-state index contributed by atoms with van der Waals surface area (Å²) in [7, 11) is 1.55. The molecule has 3 aromatic carbocycles. The smallest absolute Gasteiger partial charge is 0.410 e. The molecule has 0 bridgehead atoms. The highest BCUT2D eigenvalue weighted by Gasteiger charge is 2.53. The SMILES string of the molecule is C[C@@H]([C@@H]1CC[C@@H](N=[N+]=[N-])[C@@H](O[C@H]2[C@H](O)[C@@H](O)[C@H](NC(=O)OCc3ccccc3)[C@@H](O)[C@@H]2NC(=O)OCc2ccccc2)O1)N(C)C(=O)OCc1ccccc1. The molecule has 0 unspecified atom stereocenters. The number of azide groups is 1. The van der Waals surface area contributed by atoms with Crippen LogP contribution in [0.15, 0.2) is 96.1 Å². The number of alkyl carbamates (subject to hydrolysis) is 2. The zero-order valence-electron chi connectivity index (χ0n) is 30.4. The van der Waals surface area contributed by atoms with E-state index < -0.39 is 79.3 Å². The average Bonchev–Trinajstić information content (AvgIpc) is 3.21. The normalized spacial score (nSPS) is 26.7. The lowest BCUT2D eigenvalue weighted by Crippen LogP contribution is -2.73. The quantitative estimate of drug-likeness (QED) is 0.0725. The Labute approximate surface area is 317 Å². The Morgan fingerprint density at radius 1 is 0.782 bits per heavy atom. The van der Waals surface area contributed by atoms with Crippen LogP contribution in [0.5, 0.6) is 0 Å². The molecule has 1 aliphatic carbocycles. The van der Waals surface area contributed by atoms with E-state index in [-0.39, 0.29) is 26.2 Å². The number of rotatable bonds is 13. The zero-order valence-corrected chi connectivity index (χ0v) is 30.4. The molecule has 1 aliphatic heterocycles. The number of carbonyl (C=O) groups excluding carboxylic acids is 3. The van der Waals surface area contributed by atoms with E-state index in [1.54, 1.807) is 74.6 Å². The zero-order chi connectivity index (χ0) is 39.3. The first kappa shape index (κ1) is 40.8. The first-order chi connectivity index (χ1) is 26.5. The number of benzene rings is 3. The molecule has 1 heterocycles. The first-order valence-electron chi connectivity index (χ1n) is 17.8. The predicted octanol–water partition coefficient (Wildman–Crippen LogP) is 3.90. The molecule has 294 valence electrons. The first-order valence-corrected chi connectivity index (χ1v) is 17.8. The van der Waals surface area contributed by atoms with Crippen LogP contribution in [0.4, 0.5) is 14.4 Å². The van der Waals surface area contributed by atoms with Gasteiger partial charge in [0.1, 0.15) is 38.1 Å². The van der Waals surface area contributed by atoms with Crippen molar-refractivity contribution >= 4 is 18.3 Å². The van der Waals surface area contributed by atoms with Gasteiger partial charge in [-0.3, -0.25) is 0 Å². The van der Waals surface area contributed by atoms with E-state index in [0.29, 0.717) is 17.5 Å². The summed E-state index contributed by atoms with van der Waals surface area (Å²) in [5.74, 6) is 0. The Morgan fingerprint density at radius 2 is 1.27 bits per heavy atom. The molecule has 0 spiro atoms. The van der Waals surface area contributed by atoms with Gasteiger partial charge in [-0.25, -0.2) is 14.4 Å². The van der Waals surface area contributed by atoms with Gasteiger partial charge in [-0.2, -0.15) is 0 Å². The lowest BCUT2D eigenvalue weighted by atomic mass is 9.81. The van der Waals surface area contributed by atoms with Gasteiger partial charge in [-0.1, -0.05) is 96.1 Å². The number of hydrogen-bond donors (Lipinski definition) is 5. The highest BCUT2D eigenvalue weighted by atomic mass is 16.7. The van der Waals surface area contributed by atoms with E-state index in [1.807, 2.05) is 30.3 Å². The van der Waals surface area contributed by atoms with Crippen LogP contribution in [0.1, 0.15) is 36.5 Å². The summed E-state index contributed by atoms with van der Waals surface area (Å²) in [5, 5.41) is 43.0. The third-order valence-corrected chi connectivity index (χ3v) is 9.64. The van der Waals surface area contributed by atoms with E-state index in [2.05, 4.69) is 20.7 Å². The molecule has 2 fully saturated rings. The average molecular weight is 763 g/mol. The van der Waals surface area contributed by atoms with Crippen molar-refractivity contribution in [3.63, 3.8) is 0 Å². The summed E-state index contributed by atoms with van der Waals surface area (Å²) < 4.78 is 28.6. The lowest BCUT2D eigenvalue weighted by Gasteiger charge is -2.48. The van der Waals surface area contributed by atoms with Crippen LogP contribution in [0.25, 0.3) is 10.4 Å². The van der Waals surface area contributed by atoms with Gasteiger partial charge in [0.05, 0.1) is 36.4 Å². The number of likely N-dealkylation sites (N-methyl/N-ethyl adjacent to an activating group) is 1. The number of amides is 3. The number of aliphatic hydroxyl groups is 3. The molecule has 1 saturated heterocycles. The molecule has 3 aromatic rings. The third kappa shape index (κ3) is 11.1. The Balaban J connectivity index is 1.31. The molecule has 1 saturated carbocycles. The summed E-state index contributed by atoms with van der Waals surface area (Å²) in [5.41, 5.74) is 11.5. The molecular weight excluding hydrogens is 716 g/mol. The molecule has 17 heteroatoms. The molecule has 10 atom stereocenters. The second-order valence-corrected chi connectivity index (χ2v) is 13.3. The van der Waals surface area contributed by atoms with Gasteiger partial charge in [0.25, 0.3) is 0 Å². The fourth-order valence-corrected chi connectivity index (χ4v) is 6.39. The number of hydrogen-bond acceptors (Lipinski definition) is 12. The van der Waals surface area contributed by atoms with Crippen LogP contribution < -0.4 is 10.6 Å². The van der Waals surface area contributed by atoms with E-state index >= 15 is 0 Å². The Morgan fingerprint density at radius 3 is 1.78 bits per heavy atom. The van der Waals surface area contributed by atoms with Crippen LogP contribution in [-0.2, 0) is 43.5 Å². The van der Waals surface area contributed by atoms with Gasteiger partial charge in [-0.05, 0) is 42.0 Å². The maximum atomic E-state index is 13.1. The molecule has 17 nitrogen and oxygen atoms in total. The number of nitrogens with one attached hydrogen (secondary N) is 2. The molecule has 2 aliphatic rings. The van der Waals surface area contributed by atoms with Crippen molar-refractivity contribution < 1.29 is 53.4 Å². The highest BCUT2D eigenvalue weighted by Crippen LogP contribution is 2.32. The third-order valence-electron chi connectivity index (χ3n) is 9.64. The molecule has 3 amide bonds. The second kappa shape index (κ2) is 19.8. The highest BCUT2D eigenvalue weighted by molar-refractivity contribution is 5.69. The molecule has 0 radical (unpaired) electrons. The Kier molecular flexibility index (Phi) is 14.7. The number of nitrogens with zero attached hydrogens (tertiary/aromatic N) is 4. The number of ether oxygens (including phenoxy) is 5. The van der Waals surface area contributed by atoms with Crippen LogP contribution in [0, 0.1) is 0 Å². The Hall–Kier alpha value is -5.42. The summed E-state index contributed by atoms with van der Waals surface area (Å²) in [6.45, 7) is 1.54. The van der Waals surface area contributed by atoms with Gasteiger partial charge in [-0.15, -0.1) is 0 Å². The molecule has 5 rings (SSSR count). The van der Waals surface area contributed by atoms with Crippen molar-refractivity contribution in [2.24, 2.45) is 5.11 Å². The largest absolute Gasteiger partial charge is 0.445 e. The fourth-order valence-electron chi connectivity index (χ4n) is 6.39. The summed E-state index contributed by atoms with van der Waals surface area (Å²) in [6.07, 6.45) is -11.2. The molecule has 0 aromatic heterocycles. The predicted molar refractivity (Wildman–Crippen MR) is 195 cm³/mol. The summed E-state index contributed by atoms with van der Waals surface area (Å²) >= 11 is 0. The van der Waals surface area contributed by atoms with Crippen molar-refractivity contribution in [3.05, 3.63) is 118 Å². The van der Waals surface area contributed by atoms with Crippen molar-refractivity contribution in [1.82, 2.24) is 15.5 Å². The maximum Gasteiger partial charge on any atom is 0.410 e. The second-order valence-electron chi connectivity index (χ2n) is 13.3. The van der Waals surface area contributed by atoms with Gasteiger partial charge in [0, 0.05) is 12.0 Å². The minimum absolute atomic E-state index is 0.0555. The van der Waals surface area contributed by atoms with Gasteiger partial charge in [0.2, 0.25) is 0 Å². The van der Waals surface area contributed by atoms with Crippen molar-refractivity contribution in [3.8, 4) is 0 Å². The van der Waals surface area contributed by atoms with Gasteiger partial charge < -0.3 is 54.5 Å². The lowest BCUT2D eigenvalue weighted by molar-refractivity contribution is -0.268. The van der Waals surface area contributed by atoms with Crippen LogP contribution >= 0.6 is 0 Å². The van der Waals surface area contributed by atoms with Crippen LogP contribution in [0.3, 0.4) is 0 Å². The van der Waals surface area contributed by atoms with Crippen LogP contribution in [-0.4, -0.2) is 107 Å². The Bertz CT molecular complexity index is 1740. The van der Waals surface area contributed by atoms with E-state index in [1.165, 1.54) is 4.90 Å². The van der Waals surface area contributed by atoms with E-state index in [4.69, 9.17) is 23.7 Å². The van der Waals surface area contributed by atoms with Gasteiger partial charge >= 0.3 is 18.3 Å². The fraction of sp³-hybridized carbons (Fsp3) is 0.447. The van der Waals surface area contributed by atoms with E-state index in [0.717, 1.165) is 5.56 Å². The minimum Gasteiger partial charge on any atom is -0.445 e. The van der Waals surface area contributed by atoms with Gasteiger partial charge in [0.15, 0.2) is 6.29 Å². The van der Waals surface area contributed by atoms with Crippen LogP contribution in [0.2, 0.25) is 0 Å². The van der Waals surface area contributed by atoms with Crippen molar-refractivity contribution in [2.75, 3.05) is 7.05 Å². The topological polar surface area (TPSA) is 234 Å². The molecular formula is C38H46N6O11. The monoisotopic (exact) mass is 762 g/mol. The summed E-state index contributed by atoms with van der Waals surface area (Å²) in [6, 6.07) is 22.2. The molecule has 5 N–H and O–H groups in total. The minimum atomic E-state index is -1.86. The number of aliphatic hydroxyl groups excluding tert-OH is 3. The number of carbonyl (C=O) groups is 3. The van der Waals surface area contributed by atoms with Crippen molar-refractivity contribution in [2.45, 2.75) is 101 Å². The van der Waals surface area contributed by atoms with E-state index in [9.17, 15) is 35.2 Å². The van der Waals surface area contributed by atoms with Crippen molar-refractivity contribution in [1.29, 1.82) is 0 Å². The standard InChI is InChI=1S/C38H46N6O11/c1-23(44(2)38(50)53-22-26-16-10-5-11-17-26)28-19-18-27(42-43-39)35(54-28)55-34-30(41-37(49)52-21-25-14-8-4-9-15-25)31(45)29(32(46)33(34)47)40-36(48)51-20-24-12-6-3-7-13-24/h3-17,23,27-35,45-47H,18-22H2,1-2H3,(H,40,48)(H,41,49)/t23-,27+,28-,29+,30-,31+,32-,33+,34+,35+/m0/s1. The summed E-state index contributed by atoms with van der Waals surface area (Å²) in [4.78, 5) is 43.2.